The molecule has 1 N–H and O–H groups in total. The standard InChI is InChI=1S/C18H28FN3O2/c1-13(14-5-6-16(19)17(11-14)24-4)20-15-7-9-22(10-8-15)12-18(23)21(2)3/h5-6,11,13,15,20H,7-10,12H2,1-4H3/t13-/m1/s1. The molecule has 2 rings (SSSR count). The van der Waals surface area contributed by atoms with E-state index in [0.717, 1.165) is 31.5 Å². The van der Waals surface area contributed by atoms with E-state index in [2.05, 4.69) is 17.1 Å². The van der Waals surface area contributed by atoms with Gasteiger partial charge in [0.2, 0.25) is 5.91 Å². The van der Waals surface area contributed by atoms with Crippen LogP contribution in [-0.2, 0) is 4.79 Å². The highest BCUT2D eigenvalue weighted by Gasteiger charge is 2.23. The fraction of sp³-hybridized carbons (Fsp3) is 0.611. The van der Waals surface area contributed by atoms with E-state index in [0.29, 0.717) is 12.6 Å². The molecule has 1 aromatic carbocycles. The molecule has 0 aliphatic carbocycles. The molecule has 24 heavy (non-hydrogen) atoms. The van der Waals surface area contributed by atoms with Gasteiger partial charge < -0.3 is 15.0 Å². The molecule has 1 fully saturated rings. The zero-order valence-electron chi connectivity index (χ0n) is 15.0. The molecule has 5 nitrogen and oxygen atoms in total. The van der Waals surface area contributed by atoms with E-state index in [1.807, 2.05) is 0 Å². The van der Waals surface area contributed by atoms with Crippen molar-refractivity contribution in [1.82, 2.24) is 15.1 Å². The average Bonchev–Trinajstić information content (AvgIpc) is 2.56. The smallest absolute Gasteiger partial charge is 0.236 e. The van der Waals surface area contributed by atoms with Crippen LogP contribution in [0, 0.1) is 5.82 Å². The molecule has 0 aromatic heterocycles. The minimum Gasteiger partial charge on any atom is -0.494 e. The number of carbonyl (C=O) groups is 1. The summed E-state index contributed by atoms with van der Waals surface area (Å²) < 4.78 is 18.6. The number of ether oxygens (including phenoxy) is 1. The van der Waals surface area contributed by atoms with Crippen LogP contribution in [0.15, 0.2) is 18.2 Å². The molecular formula is C18H28FN3O2. The van der Waals surface area contributed by atoms with E-state index in [9.17, 15) is 9.18 Å². The van der Waals surface area contributed by atoms with Crippen LogP contribution in [0.4, 0.5) is 4.39 Å². The highest BCUT2D eigenvalue weighted by molar-refractivity contribution is 5.77. The van der Waals surface area contributed by atoms with Gasteiger partial charge in [-0.2, -0.15) is 0 Å². The number of methoxy groups -OCH3 is 1. The third-order valence-corrected chi connectivity index (χ3v) is 4.61. The molecule has 1 atom stereocenters. The van der Waals surface area contributed by atoms with E-state index in [-0.39, 0.29) is 23.5 Å². The molecule has 6 heteroatoms. The fourth-order valence-corrected chi connectivity index (χ4v) is 2.99. The SMILES string of the molecule is COc1cc([C@@H](C)NC2CCN(CC(=O)N(C)C)CC2)ccc1F. The van der Waals surface area contributed by atoms with Crippen molar-refractivity contribution in [3.05, 3.63) is 29.6 Å². The Morgan fingerprint density at radius 3 is 2.67 bits per heavy atom. The number of nitrogens with one attached hydrogen (secondary N) is 1. The molecule has 1 aliphatic heterocycles. The van der Waals surface area contributed by atoms with Crippen molar-refractivity contribution in [2.45, 2.75) is 31.8 Å². The van der Waals surface area contributed by atoms with Crippen molar-refractivity contribution in [3.63, 3.8) is 0 Å². The van der Waals surface area contributed by atoms with Crippen molar-refractivity contribution >= 4 is 5.91 Å². The number of carbonyl (C=O) groups excluding carboxylic acids is 1. The highest BCUT2D eigenvalue weighted by atomic mass is 19.1. The van der Waals surface area contributed by atoms with Crippen molar-refractivity contribution in [3.8, 4) is 5.75 Å². The number of halogens is 1. The lowest BCUT2D eigenvalue weighted by Gasteiger charge is -2.34. The number of likely N-dealkylation sites (N-methyl/N-ethyl adjacent to an activating group) is 1. The summed E-state index contributed by atoms with van der Waals surface area (Å²) in [7, 11) is 5.05. The number of rotatable bonds is 6. The summed E-state index contributed by atoms with van der Waals surface area (Å²) in [6.07, 6.45) is 2.01. The highest BCUT2D eigenvalue weighted by Crippen LogP contribution is 2.24. The van der Waals surface area contributed by atoms with E-state index < -0.39 is 0 Å². The Bertz CT molecular complexity index is 557. The van der Waals surface area contributed by atoms with Crippen molar-refractivity contribution in [1.29, 1.82) is 0 Å². The fourth-order valence-electron chi connectivity index (χ4n) is 2.99. The summed E-state index contributed by atoms with van der Waals surface area (Å²) in [5.41, 5.74) is 1.01. The molecular weight excluding hydrogens is 309 g/mol. The molecule has 1 aromatic rings. The molecule has 134 valence electrons. The second-order valence-electron chi connectivity index (χ2n) is 6.62. The Kier molecular flexibility index (Phi) is 6.57. The maximum atomic E-state index is 13.5. The zero-order chi connectivity index (χ0) is 17.7. The summed E-state index contributed by atoms with van der Waals surface area (Å²) in [4.78, 5) is 15.6. The first-order chi connectivity index (χ1) is 11.4. The number of hydrogen-bond donors (Lipinski definition) is 1. The maximum absolute atomic E-state index is 13.5. The van der Waals surface area contributed by atoms with Crippen LogP contribution >= 0.6 is 0 Å². The molecule has 0 unspecified atom stereocenters. The van der Waals surface area contributed by atoms with Crippen LogP contribution in [0.5, 0.6) is 5.75 Å². The predicted octanol–water partition coefficient (Wildman–Crippen LogP) is 2.04. The first-order valence-electron chi connectivity index (χ1n) is 8.42. The maximum Gasteiger partial charge on any atom is 0.236 e. The summed E-state index contributed by atoms with van der Waals surface area (Å²) in [6, 6.07) is 5.52. The number of piperidine rings is 1. The molecule has 1 aliphatic rings. The van der Waals surface area contributed by atoms with Gasteiger partial charge in [0.1, 0.15) is 0 Å². The van der Waals surface area contributed by atoms with Gasteiger partial charge in [0.05, 0.1) is 13.7 Å². The van der Waals surface area contributed by atoms with Crippen LogP contribution in [0.25, 0.3) is 0 Å². The van der Waals surface area contributed by atoms with Gasteiger partial charge in [0.15, 0.2) is 11.6 Å². The van der Waals surface area contributed by atoms with Gasteiger partial charge in [-0.1, -0.05) is 6.07 Å². The molecule has 0 radical (unpaired) electrons. The number of likely N-dealkylation sites (tertiary alicyclic amines) is 1. The normalized spacial score (nSPS) is 17.5. The van der Waals surface area contributed by atoms with E-state index in [1.54, 1.807) is 31.1 Å². The molecule has 1 saturated heterocycles. The van der Waals surface area contributed by atoms with Gasteiger partial charge in [-0.15, -0.1) is 0 Å². The minimum atomic E-state index is -0.340. The number of benzene rings is 1. The van der Waals surface area contributed by atoms with Gasteiger partial charge >= 0.3 is 0 Å². The largest absolute Gasteiger partial charge is 0.494 e. The van der Waals surface area contributed by atoms with Crippen LogP contribution in [0.3, 0.4) is 0 Å². The molecule has 0 bridgehead atoms. The van der Waals surface area contributed by atoms with Crippen LogP contribution in [-0.4, -0.2) is 62.6 Å². The lowest BCUT2D eigenvalue weighted by atomic mass is 10.0. The van der Waals surface area contributed by atoms with E-state index in [1.165, 1.54) is 13.2 Å². The van der Waals surface area contributed by atoms with Gasteiger partial charge in [-0.05, 0) is 37.5 Å². The van der Waals surface area contributed by atoms with E-state index in [4.69, 9.17) is 4.74 Å². The van der Waals surface area contributed by atoms with Gasteiger partial charge in [0, 0.05) is 39.3 Å². The second-order valence-corrected chi connectivity index (χ2v) is 6.62. The van der Waals surface area contributed by atoms with Crippen molar-refractivity contribution in [2.24, 2.45) is 0 Å². The van der Waals surface area contributed by atoms with Crippen LogP contribution in [0.2, 0.25) is 0 Å². The third kappa shape index (κ3) is 4.92. The Balaban J connectivity index is 1.84. The molecule has 0 saturated carbocycles. The van der Waals surface area contributed by atoms with Crippen molar-refractivity contribution in [2.75, 3.05) is 40.8 Å². The first-order valence-corrected chi connectivity index (χ1v) is 8.42. The summed E-state index contributed by atoms with van der Waals surface area (Å²) in [5, 5.41) is 3.60. The number of amides is 1. The Morgan fingerprint density at radius 2 is 2.08 bits per heavy atom. The van der Waals surface area contributed by atoms with Crippen LogP contribution < -0.4 is 10.1 Å². The molecule has 0 spiro atoms. The third-order valence-electron chi connectivity index (χ3n) is 4.61. The van der Waals surface area contributed by atoms with Crippen molar-refractivity contribution < 1.29 is 13.9 Å². The monoisotopic (exact) mass is 337 g/mol. The van der Waals surface area contributed by atoms with Gasteiger partial charge in [0.25, 0.3) is 0 Å². The molecule has 1 amide bonds. The van der Waals surface area contributed by atoms with Gasteiger partial charge in [-0.3, -0.25) is 9.69 Å². The lowest BCUT2D eigenvalue weighted by Crippen LogP contribution is -2.46. The van der Waals surface area contributed by atoms with Crippen LogP contribution in [0.1, 0.15) is 31.4 Å². The van der Waals surface area contributed by atoms with Gasteiger partial charge in [-0.25, -0.2) is 4.39 Å². The first kappa shape index (κ1) is 18.7. The lowest BCUT2D eigenvalue weighted by molar-refractivity contribution is -0.130. The topological polar surface area (TPSA) is 44.8 Å². The number of nitrogens with zero attached hydrogens (tertiary/aromatic N) is 2. The Labute approximate surface area is 143 Å². The predicted molar refractivity (Wildman–Crippen MR) is 92.7 cm³/mol. The molecule has 1 heterocycles. The minimum absolute atomic E-state index is 0.124. The second kappa shape index (κ2) is 8.44. The zero-order valence-corrected chi connectivity index (χ0v) is 15.0. The summed E-state index contributed by atoms with van der Waals surface area (Å²) in [5.74, 6) is 0.0821. The summed E-state index contributed by atoms with van der Waals surface area (Å²) in [6.45, 7) is 4.40. The Hall–Kier alpha value is -1.66. The Morgan fingerprint density at radius 1 is 1.42 bits per heavy atom. The van der Waals surface area contributed by atoms with E-state index >= 15 is 0 Å². The summed E-state index contributed by atoms with van der Waals surface area (Å²) >= 11 is 0. The average molecular weight is 337 g/mol. The number of hydrogen-bond acceptors (Lipinski definition) is 4. The quantitative estimate of drug-likeness (QED) is 0.863.